The van der Waals surface area contributed by atoms with Crippen LogP contribution in [0.3, 0.4) is 0 Å². The summed E-state index contributed by atoms with van der Waals surface area (Å²) in [4.78, 5) is 23.5. The minimum absolute atomic E-state index is 0.0402. The summed E-state index contributed by atoms with van der Waals surface area (Å²) in [5, 5.41) is 3.06. The van der Waals surface area contributed by atoms with Gasteiger partial charge in [-0.05, 0) is 43.5 Å². The van der Waals surface area contributed by atoms with Crippen LogP contribution in [0.4, 0.5) is 10.5 Å². The fourth-order valence-corrected chi connectivity index (χ4v) is 3.64. The number of urea groups is 1. The summed E-state index contributed by atoms with van der Waals surface area (Å²) in [5.41, 5.74) is 5.07. The SMILES string of the molecule is Cc1ccc(C)c(NC(=O)N2CC[C@@H](c3nc4ccncc4n3C)C2)c1. The van der Waals surface area contributed by atoms with Gasteiger partial charge < -0.3 is 14.8 Å². The molecule has 0 unspecified atom stereocenters. The molecule has 3 aromatic rings. The van der Waals surface area contributed by atoms with Crippen molar-refractivity contribution in [1.29, 1.82) is 0 Å². The van der Waals surface area contributed by atoms with Crippen LogP contribution in [0.2, 0.25) is 0 Å². The van der Waals surface area contributed by atoms with Gasteiger partial charge in [0.25, 0.3) is 0 Å². The average Bonchev–Trinajstić information content (AvgIpc) is 3.24. The number of likely N-dealkylation sites (tertiary alicyclic amines) is 1. The van der Waals surface area contributed by atoms with Crippen molar-refractivity contribution >= 4 is 22.8 Å². The summed E-state index contributed by atoms with van der Waals surface area (Å²) < 4.78 is 2.10. The number of benzene rings is 1. The number of rotatable bonds is 2. The summed E-state index contributed by atoms with van der Waals surface area (Å²) >= 11 is 0. The Labute approximate surface area is 152 Å². The van der Waals surface area contributed by atoms with Gasteiger partial charge in [-0.2, -0.15) is 0 Å². The molecule has 2 aromatic heterocycles. The van der Waals surface area contributed by atoms with Crippen molar-refractivity contribution in [2.45, 2.75) is 26.2 Å². The average molecular weight is 349 g/mol. The highest BCUT2D eigenvalue weighted by Crippen LogP contribution is 2.29. The molecule has 1 aromatic carbocycles. The highest BCUT2D eigenvalue weighted by atomic mass is 16.2. The van der Waals surface area contributed by atoms with Gasteiger partial charge in [0.05, 0.1) is 17.2 Å². The Kier molecular flexibility index (Phi) is 4.11. The Balaban J connectivity index is 1.50. The van der Waals surface area contributed by atoms with Gasteiger partial charge in [0, 0.05) is 37.9 Å². The molecule has 0 bridgehead atoms. The number of hydrogen-bond acceptors (Lipinski definition) is 3. The van der Waals surface area contributed by atoms with E-state index in [0.29, 0.717) is 6.54 Å². The number of aryl methyl sites for hydroxylation is 3. The normalized spacial score (nSPS) is 17.0. The zero-order chi connectivity index (χ0) is 18.3. The van der Waals surface area contributed by atoms with Gasteiger partial charge in [-0.15, -0.1) is 0 Å². The van der Waals surface area contributed by atoms with Crippen LogP contribution in [0.15, 0.2) is 36.7 Å². The number of fused-ring (bicyclic) bond motifs is 1. The number of carbonyl (C=O) groups is 1. The number of imidazole rings is 1. The van der Waals surface area contributed by atoms with E-state index in [0.717, 1.165) is 46.6 Å². The topological polar surface area (TPSA) is 63.1 Å². The van der Waals surface area contributed by atoms with Crippen molar-refractivity contribution in [2.75, 3.05) is 18.4 Å². The number of anilines is 1. The van der Waals surface area contributed by atoms with Crippen LogP contribution in [0.1, 0.15) is 29.3 Å². The molecule has 6 heteroatoms. The van der Waals surface area contributed by atoms with Gasteiger partial charge in [0.1, 0.15) is 5.82 Å². The van der Waals surface area contributed by atoms with Crippen molar-refractivity contribution in [3.8, 4) is 0 Å². The highest BCUT2D eigenvalue weighted by molar-refractivity contribution is 5.90. The summed E-state index contributed by atoms with van der Waals surface area (Å²) in [6.45, 7) is 5.46. The number of aromatic nitrogens is 3. The lowest BCUT2D eigenvalue weighted by Gasteiger charge is -2.18. The molecule has 0 radical (unpaired) electrons. The largest absolute Gasteiger partial charge is 0.330 e. The smallest absolute Gasteiger partial charge is 0.321 e. The molecule has 0 aliphatic carbocycles. The van der Waals surface area contributed by atoms with Gasteiger partial charge in [0.15, 0.2) is 0 Å². The summed E-state index contributed by atoms with van der Waals surface area (Å²) in [6.07, 6.45) is 4.52. The quantitative estimate of drug-likeness (QED) is 0.769. The maximum absolute atomic E-state index is 12.7. The van der Waals surface area contributed by atoms with Crippen LogP contribution in [-0.2, 0) is 7.05 Å². The monoisotopic (exact) mass is 349 g/mol. The van der Waals surface area contributed by atoms with Crippen molar-refractivity contribution in [3.63, 3.8) is 0 Å². The molecule has 6 nitrogen and oxygen atoms in total. The van der Waals surface area contributed by atoms with E-state index >= 15 is 0 Å². The van der Waals surface area contributed by atoms with Crippen LogP contribution >= 0.6 is 0 Å². The predicted octanol–water partition coefficient (Wildman–Crippen LogP) is 3.61. The van der Waals surface area contributed by atoms with E-state index in [1.807, 2.05) is 50.2 Å². The number of nitrogens with one attached hydrogen (secondary N) is 1. The first-order valence-corrected chi connectivity index (χ1v) is 8.92. The lowest BCUT2D eigenvalue weighted by atomic mass is 10.1. The van der Waals surface area contributed by atoms with Crippen LogP contribution in [-0.4, -0.2) is 38.6 Å². The number of amides is 2. The molecular weight excluding hydrogens is 326 g/mol. The Morgan fingerprint density at radius 3 is 2.92 bits per heavy atom. The van der Waals surface area contributed by atoms with Gasteiger partial charge in [0.2, 0.25) is 0 Å². The van der Waals surface area contributed by atoms with Crippen LogP contribution < -0.4 is 5.32 Å². The molecular formula is C20H23N5O. The molecule has 1 aliphatic rings. The maximum atomic E-state index is 12.7. The zero-order valence-corrected chi connectivity index (χ0v) is 15.4. The fraction of sp³-hybridized carbons (Fsp3) is 0.350. The first kappa shape index (κ1) is 16.6. The predicted molar refractivity (Wildman–Crippen MR) is 102 cm³/mol. The Morgan fingerprint density at radius 2 is 2.12 bits per heavy atom. The molecule has 1 N–H and O–H groups in total. The Morgan fingerprint density at radius 1 is 1.27 bits per heavy atom. The first-order valence-electron chi connectivity index (χ1n) is 8.92. The number of hydrogen-bond donors (Lipinski definition) is 1. The third-order valence-corrected chi connectivity index (χ3v) is 5.19. The highest BCUT2D eigenvalue weighted by Gasteiger charge is 2.30. The van der Waals surface area contributed by atoms with Gasteiger partial charge >= 0.3 is 6.03 Å². The Hall–Kier alpha value is -2.89. The van der Waals surface area contributed by atoms with E-state index in [1.165, 1.54) is 0 Å². The third-order valence-electron chi connectivity index (χ3n) is 5.19. The van der Waals surface area contributed by atoms with Crippen molar-refractivity contribution in [2.24, 2.45) is 7.05 Å². The van der Waals surface area contributed by atoms with E-state index in [9.17, 15) is 4.79 Å². The molecule has 2 amide bonds. The Bertz CT molecular complexity index is 977. The van der Waals surface area contributed by atoms with E-state index in [4.69, 9.17) is 4.98 Å². The molecule has 3 heterocycles. The maximum Gasteiger partial charge on any atom is 0.321 e. The van der Waals surface area contributed by atoms with E-state index in [2.05, 4.69) is 20.9 Å². The molecule has 0 spiro atoms. The molecule has 134 valence electrons. The van der Waals surface area contributed by atoms with Crippen molar-refractivity contribution in [1.82, 2.24) is 19.4 Å². The number of nitrogens with zero attached hydrogens (tertiary/aromatic N) is 4. The van der Waals surface area contributed by atoms with Crippen molar-refractivity contribution < 1.29 is 4.79 Å². The molecule has 1 fully saturated rings. The van der Waals surface area contributed by atoms with Crippen LogP contribution in [0.25, 0.3) is 11.0 Å². The zero-order valence-electron chi connectivity index (χ0n) is 15.4. The molecule has 1 atom stereocenters. The van der Waals surface area contributed by atoms with Crippen LogP contribution in [0, 0.1) is 13.8 Å². The van der Waals surface area contributed by atoms with E-state index in [-0.39, 0.29) is 11.9 Å². The second-order valence-electron chi connectivity index (χ2n) is 7.07. The van der Waals surface area contributed by atoms with Gasteiger partial charge in [-0.3, -0.25) is 4.98 Å². The second kappa shape index (κ2) is 6.44. The standard InChI is InChI=1S/C20H23N5O/c1-13-4-5-14(2)17(10-13)23-20(26)25-9-7-15(12-25)19-22-16-6-8-21-11-18(16)24(19)3/h4-6,8,10-11,15H,7,9,12H2,1-3H3,(H,23,26)/t15-/m1/s1. The molecule has 4 rings (SSSR count). The lowest BCUT2D eigenvalue weighted by Crippen LogP contribution is -2.33. The van der Waals surface area contributed by atoms with E-state index < -0.39 is 0 Å². The molecule has 1 aliphatic heterocycles. The molecule has 1 saturated heterocycles. The fourth-order valence-electron chi connectivity index (χ4n) is 3.64. The van der Waals surface area contributed by atoms with Crippen molar-refractivity contribution in [3.05, 3.63) is 53.6 Å². The summed E-state index contributed by atoms with van der Waals surface area (Å²) in [5.74, 6) is 1.27. The lowest BCUT2D eigenvalue weighted by molar-refractivity contribution is 0.222. The molecule has 26 heavy (non-hydrogen) atoms. The molecule has 0 saturated carbocycles. The first-order chi connectivity index (χ1) is 12.5. The van der Waals surface area contributed by atoms with Crippen LogP contribution in [0.5, 0.6) is 0 Å². The number of pyridine rings is 1. The van der Waals surface area contributed by atoms with E-state index in [1.54, 1.807) is 6.20 Å². The summed E-state index contributed by atoms with van der Waals surface area (Å²) in [7, 11) is 2.02. The minimum Gasteiger partial charge on any atom is -0.330 e. The second-order valence-corrected chi connectivity index (χ2v) is 7.07. The number of carbonyl (C=O) groups excluding carboxylic acids is 1. The third kappa shape index (κ3) is 2.92. The minimum atomic E-state index is -0.0402. The summed E-state index contributed by atoms with van der Waals surface area (Å²) in [6, 6.07) is 7.99. The van der Waals surface area contributed by atoms with Gasteiger partial charge in [-0.25, -0.2) is 9.78 Å². The van der Waals surface area contributed by atoms with Gasteiger partial charge in [-0.1, -0.05) is 12.1 Å².